The second-order valence-electron chi connectivity index (χ2n) is 3.78. The molecule has 4 heteroatoms. The van der Waals surface area contributed by atoms with E-state index in [1.165, 1.54) is 0 Å². The normalized spacial score (nSPS) is 18.4. The lowest BCUT2D eigenvalue weighted by Gasteiger charge is -2.23. The van der Waals surface area contributed by atoms with Gasteiger partial charge in [-0.3, -0.25) is 9.69 Å². The van der Waals surface area contributed by atoms with Crippen molar-refractivity contribution in [1.29, 1.82) is 0 Å². The summed E-state index contributed by atoms with van der Waals surface area (Å²) in [7, 11) is 1.88. The number of hydrogen-bond donors (Lipinski definition) is 2. The van der Waals surface area contributed by atoms with Crippen LogP contribution in [0.3, 0.4) is 0 Å². The summed E-state index contributed by atoms with van der Waals surface area (Å²) in [5.41, 5.74) is 0.826. The minimum atomic E-state index is -0.779. The zero-order valence-electron chi connectivity index (χ0n) is 8.10. The maximum atomic E-state index is 11.1. The maximum Gasteiger partial charge on any atom is 0.325 e. The highest BCUT2D eigenvalue weighted by molar-refractivity contribution is 5.75. The molecule has 1 heterocycles. The minimum absolute atomic E-state index is 0.450. The van der Waals surface area contributed by atoms with Crippen LogP contribution in [0.1, 0.15) is 24.4 Å². The Morgan fingerprint density at radius 2 is 2.43 bits per heavy atom. The number of hydrogen-bond acceptors (Lipinski definition) is 2. The van der Waals surface area contributed by atoms with Crippen LogP contribution in [0.4, 0.5) is 0 Å². The van der Waals surface area contributed by atoms with Gasteiger partial charge in [0, 0.05) is 18.4 Å². The van der Waals surface area contributed by atoms with Gasteiger partial charge in [0.2, 0.25) is 0 Å². The average Bonchev–Trinajstić information content (AvgIpc) is 2.85. The van der Waals surface area contributed by atoms with Gasteiger partial charge >= 0.3 is 5.97 Å². The number of carbonyl (C=O) groups is 1. The highest BCUT2D eigenvalue weighted by Crippen LogP contribution is 2.32. The standard InChI is InChI=1S/C10H14N2O2/c1-12(8-2-3-8)9(10(13)14)7-4-5-11-6-7/h4-6,8-9,11H,2-3H2,1H3,(H,13,14). The third kappa shape index (κ3) is 1.65. The number of aromatic nitrogens is 1. The average molecular weight is 194 g/mol. The summed E-state index contributed by atoms with van der Waals surface area (Å²) in [4.78, 5) is 15.9. The van der Waals surface area contributed by atoms with Gasteiger partial charge in [-0.1, -0.05) is 0 Å². The van der Waals surface area contributed by atoms with Crippen LogP contribution in [-0.2, 0) is 4.79 Å². The molecular weight excluding hydrogens is 180 g/mol. The summed E-state index contributed by atoms with van der Waals surface area (Å²) in [6.07, 6.45) is 5.74. The highest BCUT2D eigenvalue weighted by Gasteiger charge is 2.35. The van der Waals surface area contributed by atoms with Gasteiger partial charge in [-0.25, -0.2) is 0 Å². The van der Waals surface area contributed by atoms with Gasteiger partial charge in [-0.15, -0.1) is 0 Å². The molecule has 1 saturated carbocycles. The Labute approximate surface area is 82.5 Å². The number of H-pyrrole nitrogens is 1. The largest absolute Gasteiger partial charge is 0.480 e. The fraction of sp³-hybridized carbons (Fsp3) is 0.500. The summed E-state index contributed by atoms with van der Waals surface area (Å²) in [5.74, 6) is -0.779. The molecule has 1 aromatic heterocycles. The molecule has 1 unspecified atom stereocenters. The molecule has 2 N–H and O–H groups in total. The van der Waals surface area contributed by atoms with Crippen LogP contribution < -0.4 is 0 Å². The van der Waals surface area contributed by atoms with Gasteiger partial charge in [0.15, 0.2) is 0 Å². The van der Waals surface area contributed by atoms with Crippen molar-refractivity contribution >= 4 is 5.97 Å². The number of rotatable bonds is 4. The molecule has 0 radical (unpaired) electrons. The summed E-state index contributed by atoms with van der Waals surface area (Å²) >= 11 is 0. The second-order valence-corrected chi connectivity index (χ2v) is 3.78. The molecule has 1 aliphatic rings. The van der Waals surface area contributed by atoms with Crippen LogP contribution in [0.2, 0.25) is 0 Å². The van der Waals surface area contributed by atoms with E-state index in [1.54, 1.807) is 12.4 Å². The lowest BCUT2D eigenvalue weighted by atomic mass is 10.1. The fourth-order valence-corrected chi connectivity index (χ4v) is 1.75. The van der Waals surface area contributed by atoms with Crippen molar-refractivity contribution in [1.82, 2.24) is 9.88 Å². The SMILES string of the molecule is CN(C1CC1)C(C(=O)O)c1cc[nH]c1. The number of aliphatic carboxylic acids is 1. The van der Waals surface area contributed by atoms with Crippen LogP contribution >= 0.6 is 0 Å². The van der Waals surface area contributed by atoms with Gasteiger partial charge in [-0.05, 0) is 31.5 Å². The molecule has 2 rings (SSSR count). The predicted molar refractivity (Wildman–Crippen MR) is 52.0 cm³/mol. The number of carboxylic acid groups (broad SMARTS) is 1. The Balaban J connectivity index is 2.19. The molecule has 0 aliphatic heterocycles. The van der Waals surface area contributed by atoms with Crippen molar-refractivity contribution in [2.24, 2.45) is 0 Å². The number of carboxylic acids is 1. The van der Waals surface area contributed by atoms with Crippen LogP contribution in [0.5, 0.6) is 0 Å². The van der Waals surface area contributed by atoms with E-state index in [2.05, 4.69) is 4.98 Å². The van der Waals surface area contributed by atoms with Gasteiger partial charge in [0.05, 0.1) is 0 Å². The molecule has 14 heavy (non-hydrogen) atoms. The van der Waals surface area contributed by atoms with E-state index in [4.69, 9.17) is 5.11 Å². The Kier molecular flexibility index (Phi) is 2.29. The number of nitrogens with one attached hydrogen (secondary N) is 1. The van der Waals surface area contributed by atoms with Crippen LogP contribution in [0, 0.1) is 0 Å². The Bertz CT molecular complexity index is 317. The van der Waals surface area contributed by atoms with E-state index in [0.29, 0.717) is 6.04 Å². The number of aromatic amines is 1. The van der Waals surface area contributed by atoms with E-state index >= 15 is 0 Å². The van der Waals surface area contributed by atoms with E-state index in [0.717, 1.165) is 18.4 Å². The molecule has 4 nitrogen and oxygen atoms in total. The first-order valence-corrected chi connectivity index (χ1v) is 4.77. The van der Waals surface area contributed by atoms with Crippen LogP contribution in [0.25, 0.3) is 0 Å². The molecule has 1 atom stereocenters. The lowest BCUT2D eigenvalue weighted by Crippen LogP contribution is -2.32. The first-order chi connectivity index (χ1) is 6.70. The van der Waals surface area contributed by atoms with Gasteiger partial charge < -0.3 is 10.1 Å². The fourth-order valence-electron chi connectivity index (χ4n) is 1.75. The van der Waals surface area contributed by atoms with Gasteiger partial charge in [0.25, 0.3) is 0 Å². The molecule has 1 aromatic rings. The summed E-state index contributed by atoms with van der Waals surface area (Å²) in [6.45, 7) is 0. The molecule has 0 spiro atoms. The van der Waals surface area contributed by atoms with E-state index in [-0.39, 0.29) is 0 Å². The van der Waals surface area contributed by atoms with E-state index < -0.39 is 12.0 Å². The van der Waals surface area contributed by atoms with Crippen molar-refractivity contribution in [3.63, 3.8) is 0 Å². The topological polar surface area (TPSA) is 56.3 Å². The monoisotopic (exact) mass is 194 g/mol. The Morgan fingerprint density at radius 3 is 2.86 bits per heavy atom. The van der Waals surface area contributed by atoms with Crippen molar-refractivity contribution in [2.75, 3.05) is 7.05 Å². The molecule has 1 aliphatic carbocycles. The smallest absolute Gasteiger partial charge is 0.325 e. The Hall–Kier alpha value is -1.29. The third-order valence-electron chi connectivity index (χ3n) is 2.70. The van der Waals surface area contributed by atoms with Crippen molar-refractivity contribution in [3.05, 3.63) is 24.0 Å². The molecule has 0 saturated heterocycles. The first kappa shape index (κ1) is 9.27. The molecule has 0 bridgehead atoms. The summed E-state index contributed by atoms with van der Waals surface area (Å²) in [6, 6.07) is 1.76. The van der Waals surface area contributed by atoms with E-state index in [1.807, 2.05) is 18.0 Å². The number of nitrogens with zero attached hydrogens (tertiary/aromatic N) is 1. The van der Waals surface area contributed by atoms with Crippen molar-refractivity contribution < 1.29 is 9.90 Å². The number of likely N-dealkylation sites (N-methyl/N-ethyl adjacent to an activating group) is 1. The van der Waals surface area contributed by atoms with Gasteiger partial charge in [0.1, 0.15) is 6.04 Å². The first-order valence-electron chi connectivity index (χ1n) is 4.77. The third-order valence-corrected chi connectivity index (χ3v) is 2.70. The Morgan fingerprint density at radius 1 is 1.71 bits per heavy atom. The maximum absolute atomic E-state index is 11.1. The summed E-state index contributed by atoms with van der Waals surface area (Å²) in [5, 5.41) is 9.14. The molecule has 0 amide bonds. The molecular formula is C10H14N2O2. The predicted octanol–water partition coefficient (Wildman–Crippen LogP) is 1.23. The quantitative estimate of drug-likeness (QED) is 0.758. The molecule has 1 fully saturated rings. The lowest BCUT2D eigenvalue weighted by molar-refractivity contribution is -0.143. The van der Waals surface area contributed by atoms with E-state index in [9.17, 15) is 4.79 Å². The van der Waals surface area contributed by atoms with Crippen molar-refractivity contribution in [2.45, 2.75) is 24.9 Å². The minimum Gasteiger partial charge on any atom is -0.480 e. The van der Waals surface area contributed by atoms with Gasteiger partial charge in [-0.2, -0.15) is 0 Å². The van der Waals surface area contributed by atoms with Crippen LogP contribution in [-0.4, -0.2) is 34.0 Å². The zero-order valence-corrected chi connectivity index (χ0v) is 8.10. The molecule has 76 valence electrons. The summed E-state index contributed by atoms with van der Waals surface area (Å²) < 4.78 is 0. The highest BCUT2D eigenvalue weighted by atomic mass is 16.4. The van der Waals surface area contributed by atoms with Crippen LogP contribution in [0.15, 0.2) is 18.5 Å². The second kappa shape index (κ2) is 3.46. The molecule has 0 aromatic carbocycles. The zero-order chi connectivity index (χ0) is 10.1. The van der Waals surface area contributed by atoms with Crippen molar-refractivity contribution in [3.8, 4) is 0 Å².